The Morgan fingerprint density at radius 3 is 2.29 bits per heavy atom. The summed E-state index contributed by atoms with van der Waals surface area (Å²) in [6.45, 7) is 1.40. The zero-order chi connectivity index (χ0) is 5.86. The first kappa shape index (κ1) is 7.18. The molecule has 0 aromatic heterocycles. The Morgan fingerprint density at radius 1 is 1.86 bits per heavy atom. The summed E-state index contributed by atoms with van der Waals surface area (Å²) < 4.78 is 0. The minimum atomic E-state index is -0.126. The maximum Gasteiger partial charge on any atom is 0.171 e. The minimum Gasteiger partial charge on any atom is -0.294 e. The molecule has 0 fully saturated rings. The van der Waals surface area contributed by atoms with Crippen LogP contribution in [0.1, 0.15) is 6.92 Å². The molecule has 0 aliphatic carbocycles. The molecule has 0 aromatic rings. The molecule has 0 bridgehead atoms. The van der Waals surface area contributed by atoms with Gasteiger partial charge in [-0.15, -0.1) is 0 Å². The highest BCUT2D eigenvalue weighted by atomic mass is 79.9. The van der Waals surface area contributed by atoms with E-state index in [-0.39, 0.29) is 10.8 Å². The molecule has 0 saturated carbocycles. The van der Waals surface area contributed by atoms with Crippen LogP contribution in [-0.2, 0) is 4.79 Å². The molecule has 7 heavy (non-hydrogen) atoms. The van der Waals surface area contributed by atoms with Gasteiger partial charge >= 0.3 is 0 Å². The maximum atomic E-state index is 10.1. The lowest BCUT2D eigenvalue weighted by Crippen LogP contribution is -1.84. The normalized spacial score (nSPS) is 11.6. The van der Waals surface area contributed by atoms with Crippen LogP contribution in [0.15, 0.2) is 10.0 Å². The Hall–Kier alpha value is 0.180. The third-order valence-corrected chi connectivity index (χ3v) is 1.53. The van der Waals surface area contributed by atoms with Crippen LogP contribution in [0.5, 0.6) is 0 Å². The van der Waals surface area contributed by atoms with Gasteiger partial charge in [-0.25, -0.2) is 0 Å². The average Bonchev–Trinajstić information content (AvgIpc) is 1.65. The second-order valence-electron chi connectivity index (χ2n) is 1.01. The first-order valence-corrected chi connectivity index (χ1v) is 2.94. The number of allylic oxidation sites excluding steroid dienone is 1. The lowest BCUT2D eigenvalue weighted by atomic mass is 10.4. The molecule has 0 amide bonds. The van der Waals surface area contributed by atoms with Gasteiger partial charge in [0, 0.05) is 11.9 Å². The van der Waals surface area contributed by atoms with Crippen LogP contribution in [0, 0.1) is 0 Å². The van der Waals surface area contributed by atoms with Gasteiger partial charge in [-0.2, -0.15) is 0 Å². The molecule has 0 spiro atoms. The van der Waals surface area contributed by atoms with Gasteiger partial charge in [-0.05, 0) is 0 Å². The molecule has 0 aliphatic rings. The number of carbonyl (C=O) groups excluding carboxylic acids is 1. The van der Waals surface area contributed by atoms with Crippen LogP contribution in [0.2, 0.25) is 0 Å². The smallest absolute Gasteiger partial charge is 0.171 e. The number of hydrogen-bond acceptors (Lipinski definition) is 1. The van der Waals surface area contributed by atoms with Crippen molar-refractivity contribution in [3.05, 3.63) is 10.0 Å². The molecule has 0 saturated heterocycles. The maximum absolute atomic E-state index is 10.1. The Kier molecular flexibility index (Phi) is 3.30. The van der Waals surface area contributed by atoms with E-state index >= 15 is 0 Å². The van der Waals surface area contributed by atoms with Crippen LogP contribution < -0.4 is 0 Å². The summed E-state index contributed by atoms with van der Waals surface area (Å²) in [5.74, 6) is -0.126. The van der Waals surface area contributed by atoms with Crippen LogP contribution in [0.25, 0.3) is 0 Å². The number of hydrogen-bond donors (Lipinski definition) is 0. The van der Waals surface area contributed by atoms with Gasteiger partial charge in [0.2, 0.25) is 0 Å². The van der Waals surface area contributed by atoms with Gasteiger partial charge in [0.1, 0.15) is 0 Å². The number of halogens is 2. The summed E-state index contributed by atoms with van der Waals surface area (Å²) in [6.07, 6.45) is 0. The van der Waals surface area contributed by atoms with Gasteiger partial charge in [-0.1, -0.05) is 27.5 Å². The predicted octanol–water partition coefficient (Wildman–Crippen LogP) is 2.05. The monoisotopic (exact) mass is 182 g/mol. The zero-order valence-electron chi connectivity index (χ0n) is 3.74. The molecule has 0 aromatic carbocycles. The molecular weight excluding hydrogens is 179 g/mol. The summed E-state index contributed by atoms with van der Waals surface area (Å²) in [7, 11) is 0. The topological polar surface area (TPSA) is 17.1 Å². The predicted molar refractivity (Wildman–Crippen MR) is 33.5 cm³/mol. The fraction of sp³-hybridized carbons (Fsp3) is 0.250. The highest BCUT2D eigenvalue weighted by Crippen LogP contribution is 2.03. The Bertz CT molecular complexity index is 108. The molecule has 0 heterocycles. The number of ketones is 1. The van der Waals surface area contributed by atoms with Crippen LogP contribution in [0.3, 0.4) is 0 Å². The fourth-order valence-electron chi connectivity index (χ4n) is 0.0768. The number of Topliss-reactive ketones (excluding diaryl/α,β-unsaturated/α-hetero) is 1. The second kappa shape index (κ2) is 3.22. The molecule has 0 N–H and O–H groups in total. The molecule has 0 radical (unpaired) electrons. The van der Waals surface area contributed by atoms with Crippen molar-refractivity contribution in [2.24, 2.45) is 0 Å². The first-order valence-electron chi connectivity index (χ1n) is 1.65. The minimum absolute atomic E-state index is 0.126. The lowest BCUT2D eigenvalue weighted by Gasteiger charge is -1.81. The van der Waals surface area contributed by atoms with Gasteiger partial charge in [0.15, 0.2) is 5.78 Å². The molecule has 0 rings (SSSR count). The quantitative estimate of drug-likeness (QED) is 0.569. The lowest BCUT2D eigenvalue weighted by molar-refractivity contribution is -0.113. The van der Waals surface area contributed by atoms with Gasteiger partial charge < -0.3 is 0 Å². The summed E-state index contributed by atoms with van der Waals surface area (Å²) in [4.78, 5) is 11.5. The van der Waals surface area contributed by atoms with E-state index in [0.29, 0.717) is 0 Å². The van der Waals surface area contributed by atoms with Crippen LogP contribution in [0.4, 0.5) is 0 Å². The molecule has 3 heteroatoms. The van der Waals surface area contributed by atoms with Gasteiger partial charge in [0.25, 0.3) is 0 Å². The van der Waals surface area contributed by atoms with Crippen molar-refractivity contribution in [2.45, 2.75) is 6.92 Å². The Balaban J connectivity index is 3.82. The SMILES string of the molecule is CC(=O)/C(Cl)=C\Br. The summed E-state index contributed by atoms with van der Waals surface area (Å²) in [6, 6.07) is 0. The Morgan fingerprint density at radius 2 is 2.29 bits per heavy atom. The van der Waals surface area contributed by atoms with Gasteiger partial charge in [0.05, 0.1) is 5.03 Å². The highest BCUT2D eigenvalue weighted by molar-refractivity contribution is 9.11. The molecule has 40 valence electrons. The van der Waals surface area contributed by atoms with E-state index in [4.69, 9.17) is 11.6 Å². The van der Waals surface area contributed by atoms with Crippen molar-refractivity contribution in [3.63, 3.8) is 0 Å². The van der Waals surface area contributed by atoms with E-state index in [1.54, 1.807) is 0 Å². The Labute approximate surface area is 55.5 Å². The van der Waals surface area contributed by atoms with Crippen molar-refractivity contribution in [1.29, 1.82) is 0 Å². The summed E-state index contributed by atoms with van der Waals surface area (Å²) in [5.41, 5.74) is 0. The first-order chi connectivity index (χ1) is 3.18. The molecule has 1 nitrogen and oxygen atoms in total. The van der Waals surface area contributed by atoms with Crippen molar-refractivity contribution in [2.75, 3.05) is 0 Å². The number of carbonyl (C=O) groups is 1. The molecule has 0 atom stereocenters. The average molecular weight is 183 g/mol. The fourth-order valence-corrected chi connectivity index (χ4v) is 0.399. The summed E-state index contributed by atoms with van der Waals surface area (Å²) >= 11 is 8.17. The third-order valence-electron chi connectivity index (χ3n) is 0.432. The van der Waals surface area contributed by atoms with Gasteiger partial charge in [-0.3, -0.25) is 4.79 Å². The molecule has 0 aliphatic heterocycles. The number of rotatable bonds is 1. The second-order valence-corrected chi connectivity index (χ2v) is 1.88. The molecule has 0 unspecified atom stereocenters. The van der Waals surface area contributed by atoms with Crippen molar-refractivity contribution in [3.8, 4) is 0 Å². The van der Waals surface area contributed by atoms with E-state index < -0.39 is 0 Å². The van der Waals surface area contributed by atoms with Crippen molar-refractivity contribution < 1.29 is 4.79 Å². The van der Waals surface area contributed by atoms with E-state index in [2.05, 4.69) is 15.9 Å². The molecular formula is C4H4BrClO. The van der Waals surface area contributed by atoms with E-state index in [1.807, 2.05) is 0 Å². The van der Waals surface area contributed by atoms with Crippen LogP contribution >= 0.6 is 27.5 Å². The van der Waals surface area contributed by atoms with Crippen LogP contribution in [-0.4, -0.2) is 5.78 Å². The van der Waals surface area contributed by atoms with Crippen molar-refractivity contribution >= 4 is 33.3 Å². The zero-order valence-corrected chi connectivity index (χ0v) is 6.08. The summed E-state index contributed by atoms with van der Waals surface area (Å²) in [5, 5.41) is 0.222. The third kappa shape index (κ3) is 2.83. The standard InChI is InChI=1S/C4H4BrClO/c1-3(7)4(6)2-5/h2H,1H3/b4-2+. The van der Waals surface area contributed by atoms with E-state index in [9.17, 15) is 4.79 Å². The van der Waals surface area contributed by atoms with E-state index in [0.717, 1.165) is 0 Å². The van der Waals surface area contributed by atoms with Crippen molar-refractivity contribution in [1.82, 2.24) is 0 Å². The van der Waals surface area contributed by atoms with E-state index in [1.165, 1.54) is 11.9 Å². The highest BCUT2D eigenvalue weighted by Gasteiger charge is 1.93. The largest absolute Gasteiger partial charge is 0.294 e.